The van der Waals surface area contributed by atoms with Crippen molar-refractivity contribution in [2.75, 3.05) is 0 Å². The molecule has 196 valence electrons. The summed E-state index contributed by atoms with van der Waals surface area (Å²) in [6.45, 7) is 4.52. The second kappa shape index (κ2) is 11.8. The summed E-state index contributed by atoms with van der Waals surface area (Å²) in [5.41, 5.74) is 3.98. The van der Waals surface area contributed by atoms with Gasteiger partial charge in [0.15, 0.2) is 0 Å². The van der Waals surface area contributed by atoms with Crippen LogP contribution in [0.2, 0.25) is 0 Å². The van der Waals surface area contributed by atoms with E-state index in [0.29, 0.717) is 35.3 Å². The van der Waals surface area contributed by atoms with Gasteiger partial charge in [0.25, 0.3) is 11.5 Å². The van der Waals surface area contributed by atoms with E-state index in [-0.39, 0.29) is 11.5 Å². The van der Waals surface area contributed by atoms with Gasteiger partial charge in [-0.3, -0.25) is 14.2 Å². The maximum atomic E-state index is 14.1. The minimum absolute atomic E-state index is 0.117. The van der Waals surface area contributed by atoms with Crippen molar-refractivity contribution in [3.05, 3.63) is 140 Å². The number of rotatable bonds is 8. The minimum atomic E-state index is -0.454. The van der Waals surface area contributed by atoms with Crippen LogP contribution in [-0.2, 0) is 13.0 Å². The van der Waals surface area contributed by atoms with E-state index in [0.717, 1.165) is 22.1 Å². The van der Waals surface area contributed by atoms with Gasteiger partial charge in [-0.05, 0) is 72.5 Å². The molecule has 0 aliphatic rings. The molecule has 1 atom stereocenters. The Morgan fingerprint density at radius 3 is 2.18 bits per heavy atom. The number of fused-ring (bicyclic) bond motifs is 1. The SMILES string of the molecule is CCc1ccc(-n2c(C(CC)N(Cc3ccccc3)C(=O)c3ccc(Br)cc3)nc3ccccc3c2=O)cc1. The van der Waals surface area contributed by atoms with E-state index >= 15 is 0 Å². The van der Waals surface area contributed by atoms with Crippen LogP contribution >= 0.6 is 15.9 Å². The molecule has 0 radical (unpaired) electrons. The van der Waals surface area contributed by atoms with Crippen molar-refractivity contribution >= 4 is 32.7 Å². The highest BCUT2D eigenvalue weighted by Gasteiger charge is 2.30. The molecule has 0 saturated carbocycles. The van der Waals surface area contributed by atoms with Gasteiger partial charge < -0.3 is 4.90 Å². The Labute approximate surface area is 236 Å². The number of hydrogen-bond donors (Lipinski definition) is 0. The molecule has 0 bridgehead atoms. The zero-order chi connectivity index (χ0) is 27.4. The average molecular weight is 581 g/mol. The van der Waals surface area contributed by atoms with Crippen molar-refractivity contribution in [1.29, 1.82) is 0 Å². The van der Waals surface area contributed by atoms with Crippen molar-refractivity contribution in [2.24, 2.45) is 0 Å². The predicted octanol–water partition coefficient (Wildman–Crippen LogP) is 7.50. The van der Waals surface area contributed by atoms with Gasteiger partial charge in [0, 0.05) is 16.6 Å². The third kappa shape index (κ3) is 5.57. The monoisotopic (exact) mass is 579 g/mol. The molecule has 0 fully saturated rings. The lowest BCUT2D eigenvalue weighted by Crippen LogP contribution is -2.38. The van der Waals surface area contributed by atoms with Crippen LogP contribution in [0.5, 0.6) is 0 Å². The van der Waals surface area contributed by atoms with Crippen molar-refractivity contribution in [3.63, 3.8) is 0 Å². The molecule has 4 aromatic carbocycles. The summed E-state index contributed by atoms with van der Waals surface area (Å²) in [7, 11) is 0. The average Bonchev–Trinajstić information content (AvgIpc) is 2.98. The fourth-order valence-electron chi connectivity index (χ4n) is 4.91. The highest BCUT2D eigenvalue weighted by Crippen LogP contribution is 2.29. The lowest BCUT2D eigenvalue weighted by Gasteiger charge is -2.32. The molecule has 1 heterocycles. The summed E-state index contributed by atoms with van der Waals surface area (Å²) < 4.78 is 2.59. The van der Waals surface area contributed by atoms with Gasteiger partial charge in [0.05, 0.1) is 22.6 Å². The molecule has 6 heteroatoms. The molecule has 0 aliphatic heterocycles. The molecule has 5 aromatic rings. The van der Waals surface area contributed by atoms with Crippen LogP contribution in [0.25, 0.3) is 16.6 Å². The Hall–Kier alpha value is -4.03. The molecule has 1 unspecified atom stereocenters. The van der Waals surface area contributed by atoms with Gasteiger partial charge in [-0.15, -0.1) is 0 Å². The highest BCUT2D eigenvalue weighted by molar-refractivity contribution is 9.10. The van der Waals surface area contributed by atoms with E-state index in [4.69, 9.17) is 4.98 Å². The molecular formula is C33H30BrN3O2. The molecule has 1 aromatic heterocycles. The van der Waals surface area contributed by atoms with Gasteiger partial charge in [-0.2, -0.15) is 0 Å². The molecule has 0 aliphatic carbocycles. The summed E-state index contributed by atoms with van der Waals surface area (Å²) in [5, 5.41) is 0.546. The van der Waals surface area contributed by atoms with Gasteiger partial charge in [0.2, 0.25) is 0 Å². The molecule has 0 spiro atoms. The highest BCUT2D eigenvalue weighted by atomic mass is 79.9. The van der Waals surface area contributed by atoms with Gasteiger partial charge in [-0.1, -0.05) is 84.4 Å². The second-order valence-electron chi connectivity index (χ2n) is 9.50. The van der Waals surface area contributed by atoms with Gasteiger partial charge in [-0.25, -0.2) is 4.98 Å². The quantitative estimate of drug-likeness (QED) is 0.191. The largest absolute Gasteiger partial charge is 0.324 e. The van der Waals surface area contributed by atoms with E-state index in [1.807, 2.05) is 109 Å². The maximum Gasteiger partial charge on any atom is 0.266 e. The number of carbonyl (C=O) groups is 1. The number of nitrogens with zero attached hydrogens (tertiary/aromatic N) is 3. The summed E-state index contributed by atoms with van der Waals surface area (Å²) in [6, 6.07) is 32.3. The van der Waals surface area contributed by atoms with E-state index < -0.39 is 6.04 Å². The first-order chi connectivity index (χ1) is 19.0. The molecule has 5 nitrogen and oxygen atoms in total. The second-order valence-corrected chi connectivity index (χ2v) is 10.4. The summed E-state index contributed by atoms with van der Waals surface area (Å²) in [5.74, 6) is 0.431. The number of hydrogen-bond acceptors (Lipinski definition) is 3. The van der Waals surface area contributed by atoms with Crippen LogP contribution in [0.15, 0.2) is 112 Å². The Balaban J connectivity index is 1.72. The van der Waals surface area contributed by atoms with Crippen LogP contribution in [0.1, 0.15) is 53.6 Å². The van der Waals surface area contributed by atoms with Crippen molar-refractivity contribution in [2.45, 2.75) is 39.3 Å². The molecule has 5 rings (SSSR count). The predicted molar refractivity (Wildman–Crippen MR) is 160 cm³/mol. The zero-order valence-electron chi connectivity index (χ0n) is 22.0. The number of carbonyl (C=O) groups excluding carboxylic acids is 1. The third-order valence-corrected chi connectivity index (χ3v) is 7.54. The number of para-hydroxylation sites is 1. The summed E-state index contributed by atoms with van der Waals surface area (Å²) in [4.78, 5) is 35.0. The van der Waals surface area contributed by atoms with Gasteiger partial charge >= 0.3 is 0 Å². The Kier molecular flexibility index (Phi) is 8.03. The molecule has 0 saturated heterocycles. The van der Waals surface area contributed by atoms with Crippen molar-refractivity contribution < 1.29 is 4.79 Å². The number of amides is 1. The Morgan fingerprint density at radius 1 is 0.846 bits per heavy atom. The van der Waals surface area contributed by atoms with Crippen molar-refractivity contribution in [1.82, 2.24) is 14.5 Å². The number of aryl methyl sites for hydroxylation is 1. The van der Waals surface area contributed by atoms with Crippen LogP contribution in [0.3, 0.4) is 0 Å². The van der Waals surface area contributed by atoms with Crippen molar-refractivity contribution in [3.8, 4) is 5.69 Å². The van der Waals surface area contributed by atoms with E-state index in [1.54, 1.807) is 10.6 Å². The maximum absolute atomic E-state index is 14.1. The van der Waals surface area contributed by atoms with Crippen LogP contribution in [-0.4, -0.2) is 20.4 Å². The fourth-order valence-corrected chi connectivity index (χ4v) is 5.17. The number of aromatic nitrogens is 2. The Bertz CT molecular complexity index is 1650. The van der Waals surface area contributed by atoms with E-state index in [1.165, 1.54) is 5.56 Å². The first-order valence-electron chi connectivity index (χ1n) is 13.2. The molecular weight excluding hydrogens is 550 g/mol. The smallest absolute Gasteiger partial charge is 0.266 e. The normalized spacial score (nSPS) is 11.9. The fraction of sp³-hybridized carbons (Fsp3) is 0.182. The number of halogens is 1. The zero-order valence-corrected chi connectivity index (χ0v) is 23.6. The van der Waals surface area contributed by atoms with E-state index in [9.17, 15) is 9.59 Å². The lowest BCUT2D eigenvalue weighted by atomic mass is 10.1. The molecule has 39 heavy (non-hydrogen) atoms. The standard InChI is InChI=1S/C33H30BrN3O2/c1-3-23-14-20-27(21-15-23)37-31(35-29-13-9-8-12-28(29)33(37)39)30(4-2)36(22-24-10-6-5-7-11-24)32(38)25-16-18-26(34)19-17-25/h5-21,30H,3-4,22H2,1-2H3. The summed E-state index contributed by atoms with van der Waals surface area (Å²) >= 11 is 3.47. The third-order valence-electron chi connectivity index (χ3n) is 7.01. The van der Waals surface area contributed by atoms with Crippen LogP contribution in [0, 0.1) is 0 Å². The van der Waals surface area contributed by atoms with Crippen LogP contribution in [0.4, 0.5) is 0 Å². The summed E-state index contributed by atoms with van der Waals surface area (Å²) in [6.07, 6.45) is 1.48. The first kappa shape index (κ1) is 26.6. The van der Waals surface area contributed by atoms with Crippen LogP contribution < -0.4 is 5.56 Å². The number of benzene rings is 4. The lowest BCUT2D eigenvalue weighted by molar-refractivity contribution is 0.0640. The van der Waals surface area contributed by atoms with E-state index in [2.05, 4.69) is 22.9 Å². The Morgan fingerprint density at radius 2 is 1.51 bits per heavy atom. The van der Waals surface area contributed by atoms with Gasteiger partial charge in [0.1, 0.15) is 5.82 Å². The topological polar surface area (TPSA) is 55.2 Å². The minimum Gasteiger partial charge on any atom is -0.324 e. The first-order valence-corrected chi connectivity index (χ1v) is 14.0. The molecule has 1 amide bonds. The molecule has 0 N–H and O–H groups in total.